The Kier molecular flexibility index (Phi) is 17.1. The molecule has 0 unspecified atom stereocenters. The zero-order valence-corrected chi connectivity index (χ0v) is 50.0. The van der Waals surface area contributed by atoms with E-state index in [0.717, 1.165) is 56.5 Å². The summed E-state index contributed by atoms with van der Waals surface area (Å²) in [6.45, 7) is 4.78. The van der Waals surface area contributed by atoms with Crippen LogP contribution in [0.2, 0.25) is 0 Å². The van der Waals surface area contributed by atoms with Crippen molar-refractivity contribution in [3.63, 3.8) is 0 Å². The summed E-state index contributed by atoms with van der Waals surface area (Å²) in [5.74, 6) is -6.50. The number of ketones is 1. The Hall–Kier alpha value is -8.22. The number of amides is 5. The molecule has 8 N–H and O–H groups in total. The summed E-state index contributed by atoms with van der Waals surface area (Å²) in [6, 6.07) is 16.7. The fourth-order valence-electron chi connectivity index (χ4n) is 9.90. The lowest BCUT2D eigenvalue weighted by Crippen LogP contribution is -2.50. The number of aliphatic carboxylic acids is 1. The lowest BCUT2D eigenvalue weighted by atomic mass is 9.90. The Labute approximate surface area is 508 Å². The number of carbonyl (C=O) groups excluding carboxylic acids is 6. The van der Waals surface area contributed by atoms with Crippen LogP contribution in [0.25, 0.3) is 43.4 Å². The van der Waals surface area contributed by atoms with Gasteiger partial charge in [-0.2, -0.15) is 0 Å². The van der Waals surface area contributed by atoms with Crippen LogP contribution >= 0.6 is 68.0 Å². The molecule has 28 heteroatoms. The number of nitrogens with two attached hydrogens (primary N) is 1. The number of aryl methyl sites for hydroxylation is 2. The normalized spacial score (nSPS) is 19.6. The molecule has 2 aromatic carbocycles. The van der Waals surface area contributed by atoms with Crippen LogP contribution in [0.4, 0.5) is 0 Å². The largest absolute Gasteiger partial charge is 0.480 e. The third-order valence-electron chi connectivity index (χ3n) is 14.3. The molecule has 0 spiro atoms. The van der Waals surface area contributed by atoms with Crippen molar-refractivity contribution >= 4 is 109 Å². The number of hydrogen-bond donors (Lipinski definition) is 7. The molecule has 10 bridgehead atoms. The van der Waals surface area contributed by atoms with Crippen LogP contribution in [0.5, 0.6) is 0 Å². The number of pyridine rings is 1. The molecule has 434 valence electrons. The molecule has 5 amide bonds. The smallest absolute Gasteiger partial charge is 0.322 e. The zero-order chi connectivity index (χ0) is 59.8. The minimum atomic E-state index is -1.29. The Balaban J connectivity index is 1.01. The molecular formula is C57H50N12O10S6. The van der Waals surface area contributed by atoms with Crippen molar-refractivity contribution in [2.45, 2.75) is 76.3 Å². The predicted octanol–water partition coefficient (Wildman–Crippen LogP) is 7.59. The van der Waals surface area contributed by atoms with Gasteiger partial charge in [0.1, 0.15) is 77.5 Å². The number of fused-ring (bicyclic) bond motifs is 16. The predicted molar refractivity (Wildman–Crippen MR) is 320 cm³/mol. The minimum absolute atomic E-state index is 0.0172. The minimum Gasteiger partial charge on any atom is -0.480 e. The summed E-state index contributed by atoms with van der Waals surface area (Å²) in [7, 11) is 0. The molecule has 0 aliphatic carbocycles. The molecule has 9 heterocycles. The molecule has 7 aromatic heterocycles. The summed E-state index contributed by atoms with van der Waals surface area (Å²) in [4.78, 5) is 131. The fourth-order valence-corrected chi connectivity index (χ4v) is 15.3. The Morgan fingerprint density at radius 1 is 0.706 bits per heavy atom. The molecule has 9 aromatic rings. The van der Waals surface area contributed by atoms with Gasteiger partial charge in [0.15, 0.2) is 5.78 Å². The second kappa shape index (κ2) is 24.8. The highest BCUT2D eigenvalue weighted by atomic mass is 32.1. The highest BCUT2D eigenvalue weighted by Gasteiger charge is 2.45. The number of aromatic nitrogens is 7. The van der Waals surface area contributed by atoms with Gasteiger partial charge < -0.3 is 41.9 Å². The van der Waals surface area contributed by atoms with Crippen LogP contribution in [0.1, 0.15) is 122 Å². The van der Waals surface area contributed by atoms with Crippen molar-refractivity contribution in [2.75, 3.05) is 13.1 Å². The fraction of sp³-hybridized carbons (Fsp3) is 0.263. The average molecular weight is 1260 g/mol. The van der Waals surface area contributed by atoms with E-state index in [-0.39, 0.29) is 58.6 Å². The maximum atomic E-state index is 15.2. The summed E-state index contributed by atoms with van der Waals surface area (Å²) in [6.07, 6.45) is -2.88. The van der Waals surface area contributed by atoms with Crippen molar-refractivity contribution < 1.29 is 48.9 Å². The number of aliphatic hydroxyl groups excluding tert-OH is 2. The van der Waals surface area contributed by atoms with E-state index >= 15 is 4.79 Å². The second-order valence-corrected chi connectivity index (χ2v) is 25.8. The number of carboxylic acid groups (broad SMARTS) is 1. The monoisotopic (exact) mass is 1250 g/mol. The van der Waals surface area contributed by atoms with Crippen LogP contribution in [0.3, 0.4) is 0 Å². The number of primary amides is 1. The van der Waals surface area contributed by atoms with Crippen LogP contribution in [-0.2, 0) is 20.8 Å². The van der Waals surface area contributed by atoms with Crippen LogP contribution in [0, 0.1) is 19.8 Å². The van der Waals surface area contributed by atoms with Gasteiger partial charge >= 0.3 is 5.97 Å². The third-order valence-corrected chi connectivity index (χ3v) is 19.9. The molecule has 85 heavy (non-hydrogen) atoms. The molecule has 1 saturated heterocycles. The Morgan fingerprint density at radius 2 is 1.35 bits per heavy atom. The van der Waals surface area contributed by atoms with E-state index in [1.165, 1.54) is 38.8 Å². The van der Waals surface area contributed by atoms with Gasteiger partial charge in [-0.25, -0.2) is 34.9 Å². The summed E-state index contributed by atoms with van der Waals surface area (Å²) in [5.41, 5.74) is 9.86. The first-order chi connectivity index (χ1) is 40.8. The standard InChI is InChI=1S/C57H50N12O10S6/c1-25-9-11-28(12-10-25)15-34-57(79)69-19-41(71)26(2)46(69)56-67-39(24-84-56)54-63-35(20-82-54)45-30(13-14-32(60-45)53-66-36(21-83-53)48(76)59-18-43(73)74)51-64-37(22-80-51)49(77)61-33(17-42(58)72)55-68-44(27(3)85-55)40(70)16-31(47(75)29-7-5-4-6-8-29)52-65-38(23-81-52)50(78)62-34/h4-14,20-24,26,31,33-34,41,46-47,71,75H,15-19H2,1-3H3,(H2,58,72)(H,59,76)(H,61,77)(H,62,78)(H,73,74)/t26-,31-,33-,34-,41-,46-,47+/m0/s1. The molecule has 2 aliphatic rings. The lowest BCUT2D eigenvalue weighted by Gasteiger charge is -2.29. The van der Waals surface area contributed by atoms with E-state index in [4.69, 9.17) is 35.8 Å². The van der Waals surface area contributed by atoms with Gasteiger partial charge in [0.05, 0.1) is 41.4 Å². The van der Waals surface area contributed by atoms with Gasteiger partial charge in [0.2, 0.25) is 11.8 Å². The molecule has 7 atom stereocenters. The molecule has 11 rings (SSSR count). The number of hydrogen-bond acceptors (Lipinski definition) is 22. The van der Waals surface area contributed by atoms with Crippen molar-refractivity contribution in [3.05, 3.63) is 153 Å². The van der Waals surface area contributed by atoms with Crippen molar-refractivity contribution in [3.8, 4) is 43.4 Å². The maximum Gasteiger partial charge on any atom is 0.322 e. The van der Waals surface area contributed by atoms with Crippen molar-refractivity contribution in [1.82, 2.24) is 55.7 Å². The average Bonchev–Trinajstić information content (AvgIpc) is 3.88. The first-order valence-electron chi connectivity index (χ1n) is 26.3. The van der Waals surface area contributed by atoms with Gasteiger partial charge in [-0.05, 0) is 37.1 Å². The molecular weight excluding hydrogens is 1210 g/mol. The molecule has 1 fully saturated rings. The van der Waals surface area contributed by atoms with E-state index in [9.17, 15) is 39.0 Å². The van der Waals surface area contributed by atoms with Crippen LogP contribution < -0.4 is 21.7 Å². The van der Waals surface area contributed by atoms with E-state index < -0.39 is 90.0 Å². The third kappa shape index (κ3) is 12.6. The van der Waals surface area contributed by atoms with Crippen LogP contribution in [0.15, 0.2) is 93.6 Å². The van der Waals surface area contributed by atoms with E-state index in [0.29, 0.717) is 58.8 Å². The van der Waals surface area contributed by atoms with Gasteiger partial charge in [0, 0.05) is 68.6 Å². The Morgan fingerprint density at radius 3 is 2.11 bits per heavy atom. The quantitative estimate of drug-likeness (QED) is 0.0693. The van der Waals surface area contributed by atoms with Gasteiger partial charge in [-0.15, -0.1) is 68.0 Å². The van der Waals surface area contributed by atoms with Gasteiger partial charge in [-0.1, -0.05) is 67.1 Å². The summed E-state index contributed by atoms with van der Waals surface area (Å²) in [5, 5.41) is 51.0. The van der Waals surface area contributed by atoms with E-state index in [1.807, 2.05) is 38.1 Å². The number of nitrogens with one attached hydrogen (secondary N) is 3. The second-order valence-electron chi connectivity index (χ2n) is 20.2. The number of carbonyl (C=O) groups is 7. The first-order valence-corrected chi connectivity index (χ1v) is 31.5. The molecule has 0 saturated carbocycles. The number of aliphatic hydroxyl groups is 2. The number of thiazole rings is 6. The number of nitrogens with zero attached hydrogens (tertiary/aromatic N) is 8. The summed E-state index contributed by atoms with van der Waals surface area (Å²) >= 11 is 6.93. The van der Waals surface area contributed by atoms with E-state index in [2.05, 4.69) is 25.9 Å². The molecule has 0 radical (unpaired) electrons. The van der Waals surface area contributed by atoms with E-state index in [1.54, 1.807) is 65.0 Å². The number of rotatable bonds is 10. The van der Waals surface area contributed by atoms with Crippen molar-refractivity contribution in [1.29, 1.82) is 0 Å². The zero-order valence-electron chi connectivity index (χ0n) is 45.1. The highest BCUT2D eigenvalue weighted by molar-refractivity contribution is 7.15. The van der Waals surface area contributed by atoms with Crippen LogP contribution in [-0.4, -0.2) is 122 Å². The lowest BCUT2D eigenvalue weighted by molar-refractivity contribution is -0.136. The molecule has 22 nitrogen and oxygen atoms in total. The number of Topliss-reactive ketones (excluding diaryl/α,β-unsaturated/α-hetero) is 1. The first kappa shape index (κ1) is 58.5. The van der Waals surface area contributed by atoms with Gasteiger partial charge in [0.25, 0.3) is 17.7 Å². The van der Waals surface area contributed by atoms with Gasteiger partial charge in [-0.3, -0.25) is 33.6 Å². The molecule has 2 aliphatic heterocycles. The number of benzene rings is 2. The number of carboxylic acids is 1. The SMILES string of the molecule is Cc1ccc(C[C@@H]2NC(=O)c3csc(n3)[C@H]([C@H](O)c3ccccc3)CC(=O)c3nc(sc3C)[C@H](CC(N)=O)NC(=O)c3csc(n3)-c3ccc(-c4nc(C(=O)NCC(=O)O)cs4)nc3-c3csc(n3)-c3csc(n3)[C@@H]3[C@@H](C)[C@@H](O)CN3C2=O)cc1. The van der Waals surface area contributed by atoms with Crippen molar-refractivity contribution in [2.24, 2.45) is 11.7 Å². The topological polar surface area (TPSA) is 336 Å². The highest BCUT2D eigenvalue weighted by Crippen LogP contribution is 2.43. The maximum absolute atomic E-state index is 15.2. The summed E-state index contributed by atoms with van der Waals surface area (Å²) < 4.78 is 0. The Bertz CT molecular complexity index is 4040.